The number of hydrogen-bond acceptors (Lipinski definition) is 5. The summed E-state index contributed by atoms with van der Waals surface area (Å²) in [5.74, 6) is 1.69. The lowest BCUT2D eigenvalue weighted by Gasteiger charge is -2.11. The van der Waals surface area contributed by atoms with Crippen molar-refractivity contribution in [1.29, 1.82) is 0 Å². The molecule has 21 heavy (non-hydrogen) atoms. The van der Waals surface area contributed by atoms with E-state index in [2.05, 4.69) is 27.9 Å². The van der Waals surface area contributed by atoms with Crippen molar-refractivity contribution in [1.82, 2.24) is 5.32 Å². The fourth-order valence-electron chi connectivity index (χ4n) is 2.18. The van der Waals surface area contributed by atoms with Crippen molar-refractivity contribution in [3.8, 4) is 0 Å². The first kappa shape index (κ1) is 15.3. The minimum atomic E-state index is 0. The smallest absolute Gasteiger partial charge is 0.196 e. The maximum atomic E-state index is 5.39. The van der Waals surface area contributed by atoms with Gasteiger partial charge in [-0.3, -0.25) is 4.99 Å². The summed E-state index contributed by atoms with van der Waals surface area (Å²) in [7, 11) is 0. The Morgan fingerprint density at radius 3 is 2.67 bits per heavy atom. The fraction of sp³-hybridized carbons (Fsp3) is 0.267. The van der Waals surface area contributed by atoms with Crippen LogP contribution in [0.3, 0.4) is 0 Å². The van der Waals surface area contributed by atoms with Gasteiger partial charge in [0.2, 0.25) is 0 Å². The Balaban J connectivity index is 0.00000161. The van der Waals surface area contributed by atoms with Gasteiger partial charge in [0.15, 0.2) is 5.96 Å². The van der Waals surface area contributed by atoms with Crippen LogP contribution in [0.25, 0.3) is 0 Å². The monoisotopic (exact) mass is 306 g/mol. The molecule has 2 heterocycles. The van der Waals surface area contributed by atoms with Gasteiger partial charge in [-0.15, -0.1) is 12.4 Å². The van der Waals surface area contributed by atoms with E-state index in [9.17, 15) is 0 Å². The molecular weight excluding hydrogens is 288 g/mol. The summed E-state index contributed by atoms with van der Waals surface area (Å²) in [6, 6.07) is 12.1. The second-order valence-corrected chi connectivity index (χ2v) is 4.63. The second-order valence-electron chi connectivity index (χ2n) is 4.63. The molecule has 6 heteroatoms. The summed E-state index contributed by atoms with van der Waals surface area (Å²) in [4.78, 5) is 4.45. The molecule has 0 saturated heterocycles. The Bertz CT molecular complexity index is 580. The third kappa shape index (κ3) is 3.70. The molecule has 3 N–H and O–H groups in total. The summed E-state index contributed by atoms with van der Waals surface area (Å²) in [5, 5.41) is 9.85. The average Bonchev–Trinajstić information content (AvgIpc) is 3.12. The van der Waals surface area contributed by atoms with E-state index in [-0.39, 0.29) is 18.4 Å². The predicted octanol–water partition coefficient (Wildman–Crippen LogP) is 3.25. The number of rotatable bonds is 4. The Morgan fingerprint density at radius 1 is 1.24 bits per heavy atom. The normalized spacial score (nSPS) is 16.6. The number of nitrogens with one attached hydrogen (secondary N) is 3. The van der Waals surface area contributed by atoms with Gasteiger partial charge >= 0.3 is 0 Å². The lowest BCUT2D eigenvalue weighted by molar-refractivity contribution is 0.461. The number of anilines is 2. The largest absolute Gasteiger partial charge is 0.467 e. The van der Waals surface area contributed by atoms with Gasteiger partial charge in [0.1, 0.15) is 11.8 Å². The topological polar surface area (TPSA) is 61.6 Å². The Kier molecular flexibility index (Phi) is 5.11. The van der Waals surface area contributed by atoms with Gasteiger partial charge in [-0.1, -0.05) is 0 Å². The molecular formula is C15H19ClN4O. The van der Waals surface area contributed by atoms with Crippen LogP contribution in [0.5, 0.6) is 0 Å². The number of furan rings is 1. The molecule has 1 aliphatic heterocycles. The van der Waals surface area contributed by atoms with Crippen LogP contribution in [-0.2, 0) is 0 Å². The third-order valence-corrected chi connectivity index (χ3v) is 3.16. The molecule has 0 radical (unpaired) electrons. The highest BCUT2D eigenvalue weighted by molar-refractivity contribution is 5.95. The first-order valence-electron chi connectivity index (χ1n) is 6.80. The number of nitrogens with zero attached hydrogens (tertiary/aromatic N) is 1. The van der Waals surface area contributed by atoms with E-state index in [0.29, 0.717) is 6.54 Å². The molecule has 1 aromatic heterocycles. The summed E-state index contributed by atoms with van der Waals surface area (Å²) >= 11 is 0. The van der Waals surface area contributed by atoms with Gasteiger partial charge in [0, 0.05) is 17.9 Å². The molecule has 0 spiro atoms. The maximum Gasteiger partial charge on any atom is 0.196 e. The van der Waals surface area contributed by atoms with Gasteiger partial charge in [0.25, 0.3) is 0 Å². The number of benzene rings is 1. The summed E-state index contributed by atoms with van der Waals surface area (Å²) in [6.07, 6.45) is 1.68. The van der Waals surface area contributed by atoms with Gasteiger partial charge in [-0.05, 0) is 43.3 Å². The van der Waals surface area contributed by atoms with Crippen molar-refractivity contribution >= 4 is 29.7 Å². The van der Waals surface area contributed by atoms with Crippen molar-refractivity contribution in [3.63, 3.8) is 0 Å². The molecule has 1 atom stereocenters. The van der Waals surface area contributed by atoms with Crippen LogP contribution in [0, 0.1) is 0 Å². The maximum absolute atomic E-state index is 5.39. The van der Waals surface area contributed by atoms with Crippen molar-refractivity contribution in [2.45, 2.75) is 13.0 Å². The highest BCUT2D eigenvalue weighted by atomic mass is 35.5. The zero-order chi connectivity index (χ0) is 13.8. The number of halogens is 1. The minimum Gasteiger partial charge on any atom is -0.467 e. The van der Waals surface area contributed by atoms with Crippen molar-refractivity contribution in [2.75, 3.05) is 23.7 Å². The first-order chi connectivity index (χ1) is 9.85. The van der Waals surface area contributed by atoms with E-state index in [1.165, 1.54) is 0 Å². The van der Waals surface area contributed by atoms with Gasteiger partial charge in [-0.2, -0.15) is 0 Å². The molecule has 3 rings (SSSR count). The molecule has 0 saturated carbocycles. The highest BCUT2D eigenvalue weighted by Crippen LogP contribution is 2.19. The lowest BCUT2D eigenvalue weighted by Crippen LogP contribution is -2.28. The lowest BCUT2D eigenvalue weighted by atomic mass is 10.2. The van der Waals surface area contributed by atoms with E-state index < -0.39 is 0 Å². The SMILES string of the molecule is CCNc1ccc(NC2=NCC(c3ccco3)N2)cc1.Cl. The molecule has 112 valence electrons. The van der Waals surface area contributed by atoms with E-state index >= 15 is 0 Å². The number of aliphatic imine (C=N–C) groups is 1. The molecule has 0 amide bonds. The van der Waals surface area contributed by atoms with E-state index in [1.807, 2.05) is 36.4 Å². The molecule has 5 nitrogen and oxygen atoms in total. The van der Waals surface area contributed by atoms with E-state index in [1.54, 1.807) is 6.26 Å². The van der Waals surface area contributed by atoms with E-state index in [0.717, 1.165) is 29.6 Å². The van der Waals surface area contributed by atoms with E-state index in [4.69, 9.17) is 4.42 Å². The van der Waals surface area contributed by atoms with Crippen molar-refractivity contribution in [2.24, 2.45) is 4.99 Å². The van der Waals surface area contributed by atoms with Gasteiger partial charge < -0.3 is 20.4 Å². The second kappa shape index (κ2) is 7.04. The van der Waals surface area contributed by atoms with Crippen LogP contribution in [0.4, 0.5) is 11.4 Å². The molecule has 0 bridgehead atoms. The standard InChI is InChI=1S/C15H18N4O.ClH/c1-2-16-11-5-7-12(8-6-11)18-15-17-10-13(19-15)14-4-3-9-20-14;/h3-9,13,16H,2,10H2,1H3,(H2,17,18,19);1H. The summed E-state index contributed by atoms with van der Waals surface area (Å²) in [6.45, 7) is 3.69. The first-order valence-corrected chi connectivity index (χ1v) is 6.80. The molecule has 1 aromatic carbocycles. The van der Waals surface area contributed by atoms with Crippen molar-refractivity contribution in [3.05, 3.63) is 48.4 Å². The zero-order valence-electron chi connectivity index (χ0n) is 11.8. The summed E-state index contributed by atoms with van der Waals surface area (Å²) in [5.41, 5.74) is 2.13. The number of guanidine groups is 1. The molecule has 0 fully saturated rings. The zero-order valence-corrected chi connectivity index (χ0v) is 12.6. The van der Waals surface area contributed by atoms with Crippen LogP contribution >= 0.6 is 12.4 Å². The molecule has 1 unspecified atom stereocenters. The Labute approximate surface area is 130 Å². The third-order valence-electron chi connectivity index (χ3n) is 3.16. The Morgan fingerprint density at radius 2 is 2.00 bits per heavy atom. The van der Waals surface area contributed by atoms with Crippen molar-refractivity contribution < 1.29 is 4.42 Å². The van der Waals surface area contributed by atoms with Crippen LogP contribution < -0.4 is 16.0 Å². The van der Waals surface area contributed by atoms with Crippen LogP contribution in [-0.4, -0.2) is 19.0 Å². The highest BCUT2D eigenvalue weighted by Gasteiger charge is 2.21. The van der Waals surface area contributed by atoms with Gasteiger partial charge in [0.05, 0.1) is 12.8 Å². The fourth-order valence-corrected chi connectivity index (χ4v) is 2.18. The molecule has 1 aliphatic rings. The number of hydrogen-bond donors (Lipinski definition) is 3. The Hall–Kier alpha value is -2.14. The quantitative estimate of drug-likeness (QED) is 0.811. The van der Waals surface area contributed by atoms with Crippen LogP contribution in [0.15, 0.2) is 52.1 Å². The van der Waals surface area contributed by atoms with Crippen LogP contribution in [0.2, 0.25) is 0 Å². The molecule has 2 aromatic rings. The van der Waals surface area contributed by atoms with Gasteiger partial charge in [-0.25, -0.2) is 0 Å². The summed E-state index contributed by atoms with van der Waals surface area (Å²) < 4.78 is 5.39. The minimum absolute atomic E-state index is 0. The van der Waals surface area contributed by atoms with Crippen LogP contribution in [0.1, 0.15) is 18.7 Å². The predicted molar refractivity (Wildman–Crippen MR) is 88.4 cm³/mol. The average molecular weight is 307 g/mol. The molecule has 0 aliphatic carbocycles.